The van der Waals surface area contributed by atoms with E-state index >= 15 is 0 Å². The van der Waals surface area contributed by atoms with Gasteiger partial charge in [-0.15, -0.1) is 0 Å². The van der Waals surface area contributed by atoms with Crippen LogP contribution in [-0.4, -0.2) is 59.3 Å². The number of carbonyl (C=O) groups is 1. The number of aromatic amines is 1. The first-order chi connectivity index (χ1) is 17.2. The normalized spacial score (nSPS) is 15.0. The summed E-state index contributed by atoms with van der Waals surface area (Å²) in [5.41, 5.74) is 4.57. The first kappa shape index (κ1) is 24.5. The number of fused-ring (bicyclic) bond motifs is 2. The Balaban J connectivity index is 1.51. The molecule has 3 heterocycles. The van der Waals surface area contributed by atoms with Gasteiger partial charge in [0.1, 0.15) is 15.7 Å². The standard InChI is InChI=1S/C26H28ClN5O3S/c1-16-13-19-20(7-9-28-23(19)15-18(16)26(33)32-10-3-4-11-32)29-22(8-12-36(2,34)35)25-30-21-6-5-17(27)14-24(21)31-25/h5-7,9,13-15,22H,3-4,8,10-12H2,1-2H3,(H,28,29)(H,30,31). The molecule has 1 saturated heterocycles. The van der Waals surface area contributed by atoms with Gasteiger partial charge >= 0.3 is 0 Å². The molecule has 0 radical (unpaired) electrons. The number of rotatable bonds is 7. The number of aromatic nitrogens is 3. The van der Waals surface area contributed by atoms with Crippen LogP contribution >= 0.6 is 11.6 Å². The van der Waals surface area contributed by atoms with Crippen LogP contribution in [-0.2, 0) is 9.84 Å². The minimum absolute atomic E-state index is 0.000995. The molecule has 0 spiro atoms. The lowest BCUT2D eigenvalue weighted by molar-refractivity contribution is 0.0792. The van der Waals surface area contributed by atoms with E-state index in [1.54, 1.807) is 18.3 Å². The average molecular weight is 526 g/mol. The lowest BCUT2D eigenvalue weighted by Gasteiger charge is -2.20. The summed E-state index contributed by atoms with van der Waals surface area (Å²) in [6, 6.07) is 10.7. The van der Waals surface area contributed by atoms with Crippen molar-refractivity contribution in [1.29, 1.82) is 0 Å². The molecular weight excluding hydrogens is 498 g/mol. The van der Waals surface area contributed by atoms with Gasteiger partial charge in [0.05, 0.1) is 28.3 Å². The Morgan fingerprint density at radius 3 is 2.69 bits per heavy atom. The van der Waals surface area contributed by atoms with Crippen LogP contribution in [0.1, 0.15) is 47.1 Å². The van der Waals surface area contributed by atoms with Crippen molar-refractivity contribution in [2.75, 3.05) is 30.4 Å². The number of H-pyrrole nitrogens is 1. The fraction of sp³-hybridized carbons (Fsp3) is 0.346. The molecule has 5 rings (SSSR count). The Kier molecular flexibility index (Phi) is 6.61. The molecule has 2 N–H and O–H groups in total. The van der Waals surface area contributed by atoms with Gasteiger partial charge in [-0.05, 0) is 68.1 Å². The monoisotopic (exact) mass is 525 g/mol. The summed E-state index contributed by atoms with van der Waals surface area (Å²) in [7, 11) is -3.19. The van der Waals surface area contributed by atoms with Gasteiger partial charge in [-0.2, -0.15) is 0 Å². The number of hydrogen-bond donors (Lipinski definition) is 2. The van der Waals surface area contributed by atoms with Crippen LogP contribution in [0.3, 0.4) is 0 Å². The first-order valence-electron chi connectivity index (χ1n) is 12.0. The third-order valence-electron chi connectivity index (χ3n) is 6.61. The van der Waals surface area contributed by atoms with Gasteiger partial charge in [0.2, 0.25) is 0 Å². The fourth-order valence-corrected chi connectivity index (χ4v) is 5.55. The number of amides is 1. The molecule has 0 saturated carbocycles. The maximum atomic E-state index is 13.1. The van der Waals surface area contributed by atoms with E-state index in [2.05, 4.69) is 15.3 Å². The topological polar surface area (TPSA) is 108 Å². The maximum absolute atomic E-state index is 13.1. The van der Waals surface area contributed by atoms with Crippen molar-refractivity contribution >= 4 is 55.0 Å². The second-order valence-corrected chi connectivity index (χ2v) is 12.1. The zero-order valence-corrected chi connectivity index (χ0v) is 21.8. The van der Waals surface area contributed by atoms with E-state index in [4.69, 9.17) is 16.6 Å². The largest absolute Gasteiger partial charge is 0.375 e. The number of imidazole rings is 1. The summed E-state index contributed by atoms with van der Waals surface area (Å²) < 4.78 is 24.0. The van der Waals surface area contributed by atoms with E-state index in [1.165, 1.54) is 6.26 Å². The summed E-state index contributed by atoms with van der Waals surface area (Å²) in [4.78, 5) is 27.4. The zero-order chi connectivity index (χ0) is 25.4. The van der Waals surface area contributed by atoms with Crippen molar-refractivity contribution in [3.8, 4) is 0 Å². The summed E-state index contributed by atoms with van der Waals surface area (Å²) in [5.74, 6) is 0.663. The van der Waals surface area contributed by atoms with Crippen LogP contribution in [0.25, 0.3) is 21.9 Å². The lowest BCUT2D eigenvalue weighted by Crippen LogP contribution is -2.28. The maximum Gasteiger partial charge on any atom is 0.254 e. The molecule has 36 heavy (non-hydrogen) atoms. The molecular formula is C26H28ClN5O3S. The number of sulfone groups is 1. The molecule has 1 amide bonds. The van der Waals surface area contributed by atoms with Crippen molar-refractivity contribution < 1.29 is 13.2 Å². The highest BCUT2D eigenvalue weighted by atomic mass is 35.5. The average Bonchev–Trinajstić information content (AvgIpc) is 3.50. The van der Waals surface area contributed by atoms with Crippen molar-refractivity contribution in [2.24, 2.45) is 0 Å². The van der Waals surface area contributed by atoms with Gasteiger partial charge in [0, 0.05) is 47.2 Å². The van der Waals surface area contributed by atoms with Crippen LogP contribution in [0.5, 0.6) is 0 Å². The van der Waals surface area contributed by atoms with Gasteiger partial charge in [0.15, 0.2) is 0 Å². The number of aryl methyl sites for hydroxylation is 1. The number of benzene rings is 2. The minimum Gasteiger partial charge on any atom is -0.375 e. The Bertz CT molecular complexity index is 1560. The molecule has 10 heteroatoms. The molecule has 188 valence electrons. The van der Waals surface area contributed by atoms with E-state index in [0.717, 1.165) is 53.6 Å². The number of nitrogens with zero attached hydrogens (tertiary/aromatic N) is 3. The molecule has 8 nitrogen and oxygen atoms in total. The second-order valence-electron chi connectivity index (χ2n) is 9.44. The van der Waals surface area contributed by atoms with Gasteiger partial charge in [-0.25, -0.2) is 13.4 Å². The highest BCUT2D eigenvalue weighted by Gasteiger charge is 2.23. The van der Waals surface area contributed by atoms with Crippen molar-refractivity contribution in [3.05, 3.63) is 64.6 Å². The molecule has 0 aliphatic carbocycles. The van der Waals surface area contributed by atoms with Gasteiger partial charge in [-0.1, -0.05) is 11.6 Å². The molecule has 2 aromatic heterocycles. The summed E-state index contributed by atoms with van der Waals surface area (Å²) in [6.45, 7) is 3.51. The molecule has 1 atom stereocenters. The van der Waals surface area contributed by atoms with Gasteiger partial charge < -0.3 is 15.2 Å². The molecule has 0 bridgehead atoms. The van der Waals surface area contributed by atoms with Crippen molar-refractivity contribution in [1.82, 2.24) is 19.9 Å². The number of carbonyl (C=O) groups excluding carboxylic acids is 1. The molecule has 1 aliphatic rings. The Morgan fingerprint density at radius 1 is 1.17 bits per heavy atom. The molecule has 2 aromatic carbocycles. The fourth-order valence-electron chi connectivity index (χ4n) is 4.71. The van der Waals surface area contributed by atoms with Crippen LogP contribution in [0.4, 0.5) is 5.69 Å². The number of hydrogen-bond acceptors (Lipinski definition) is 6. The predicted octanol–water partition coefficient (Wildman–Crippen LogP) is 4.90. The number of likely N-dealkylation sites (tertiary alicyclic amines) is 1. The third-order valence-corrected chi connectivity index (χ3v) is 7.82. The van der Waals surface area contributed by atoms with Crippen LogP contribution in [0.2, 0.25) is 5.02 Å². The summed E-state index contributed by atoms with van der Waals surface area (Å²) in [5, 5.41) is 4.94. The number of nitrogens with one attached hydrogen (secondary N) is 2. The molecule has 4 aromatic rings. The Hall–Kier alpha value is -3.17. The predicted molar refractivity (Wildman–Crippen MR) is 143 cm³/mol. The number of pyridine rings is 1. The minimum atomic E-state index is -3.19. The van der Waals surface area contributed by atoms with E-state index in [9.17, 15) is 13.2 Å². The van der Waals surface area contributed by atoms with E-state index in [-0.39, 0.29) is 11.7 Å². The molecule has 1 aliphatic heterocycles. The van der Waals surface area contributed by atoms with Gasteiger partial charge in [-0.3, -0.25) is 9.78 Å². The summed E-state index contributed by atoms with van der Waals surface area (Å²) >= 11 is 6.14. The van der Waals surface area contributed by atoms with Crippen LogP contribution in [0.15, 0.2) is 42.6 Å². The highest BCUT2D eigenvalue weighted by Crippen LogP contribution is 2.31. The second kappa shape index (κ2) is 9.71. The highest BCUT2D eigenvalue weighted by molar-refractivity contribution is 7.90. The molecule has 1 unspecified atom stereocenters. The third kappa shape index (κ3) is 5.17. The van der Waals surface area contributed by atoms with Gasteiger partial charge in [0.25, 0.3) is 5.91 Å². The molecule has 1 fully saturated rings. The van der Waals surface area contributed by atoms with Crippen LogP contribution < -0.4 is 5.32 Å². The quantitative estimate of drug-likeness (QED) is 0.355. The smallest absolute Gasteiger partial charge is 0.254 e. The van der Waals surface area contributed by atoms with E-state index in [1.807, 2.05) is 36.1 Å². The first-order valence-corrected chi connectivity index (χ1v) is 14.4. The Labute approximate surface area is 215 Å². The summed E-state index contributed by atoms with van der Waals surface area (Å²) in [6.07, 6.45) is 5.31. The van der Waals surface area contributed by atoms with Crippen molar-refractivity contribution in [2.45, 2.75) is 32.2 Å². The number of halogens is 1. The SMILES string of the molecule is Cc1cc2c(NC(CCS(C)(=O)=O)c3nc4ccc(Cl)cc4[nH]3)ccnc2cc1C(=O)N1CCCC1. The Morgan fingerprint density at radius 2 is 1.94 bits per heavy atom. The van der Waals surface area contributed by atoms with Crippen molar-refractivity contribution in [3.63, 3.8) is 0 Å². The van der Waals surface area contributed by atoms with E-state index < -0.39 is 15.9 Å². The van der Waals surface area contributed by atoms with E-state index in [0.29, 0.717) is 28.3 Å². The lowest BCUT2D eigenvalue weighted by atomic mass is 10.0. The zero-order valence-electron chi connectivity index (χ0n) is 20.2. The van der Waals surface area contributed by atoms with Crippen LogP contribution in [0, 0.1) is 6.92 Å². The number of anilines is 1.